The summed E-state index contributed by atoms with van der Waals surface area (Å²) in [6.07, 6.45) is 2.84. The van der Waals surface area contributed by atoms with Gasteiger partial charge in [-0.25, -0.2) is 0 Å². The Bertz CT molecular complexity index is 86.9. The summed E-state index contributed by atoms with van der Waals surface area (Å²) in [6, 6.07) is 0. The minimum Gasteiger partial charge on any atom is 0 e. The third-order valence-corrected chi connectivity index (χ3v) is 10.5. The van der Waals surface area contributed by atoms with Gasteiger partial charge in [0, 0.05) is 27.7 Å². The Hall–Kier alpha value is 1.95. The van der Waals surface area contributed by atoms with Gasteiger partial charge in [0.05, 0.1) is 0 Å². The van der Waals surface area contributed by atoms with E-state index in [9.17, 15) is 0 Å². The van der Waals surface area contributed by atoms with E-state index in [4.69, 9.17) is 22.5 Å². The van der Waals surface area contributed by atoms with Crippen molar-refractivity contribution in [2.75, 3.05) is 18.5 Å². The molecule has 0 rings (SSSR count). The molecule has 0 atom stereocenters. The van der Waals surface area contributed by atoms with Crippen molar-refractivity contribution < 1.29 is 27.7 Å². The minimum atomic E-state index is -2.18. The zero-order chi connectivity index (χ0) is 7.57. The van der Waals surface area contributed by atoms with E-state index in [0.29, 0.717) is 0 Å². The first-order chi connectivity index (χ1) is 3.96. The smallest absolute Gasteiger partial charge is 0 e. The average Bonchev–Trinajstić information content (AvgIpc) is 1.90. The SMILES string of the molecule is CCP(Cl)(Cl)(CC)CC.[Hg]. The fraction of sp³-hybridized carbons (Fsp3) is 1.00. The van der Waals surface area contributed by atoms with E-state index < -0.39 is 5.31 Å². The average molecular weight is 390 g/mol. The first kappa shape index (κ1) is 14.5. The molecule has 0 spiro atoms. The van der Waals surface area contributed by atoms with Crippen molar-refractivity contribution in [3.05, 3.63) is 0 Å². The van der Waals surface area contributed by atoms with E-state index in [1.807, 2.05) is 0 Å². The van der Waals surface area contributed by atoms with Crippen LogP contribution in [-0.4, -0.2) is 18.5 Å². The Kier molecular flexibility index (Phi) is 7.01. The summed E-state index contributed by atoms with van der Waals surface area (Å²) in [5.41, 5.74) is 0. The number of rotatable bonds is 3. The molecule has 0 aliphatic heterocycles. The van der Waals surface area contributed by atoms with Crippen LogP contribution < -0.4 is 0 Å². The zero-order valence-electron chi connectivity index (χ0n) is 7.03. The standard InChI is InChI=1S/C6H15Cl2P.Hg/c1-4-9(7,8,5-2)6-3;/h4-6H2,1-3H3;. The van der Waals surface area contributed by atoms with Crippen molar-refractivity contribution in [1.29, 1.82) is 0 Å². The van der Waals surface area contributed by atoms with Crippen LogP contribution in [0.2, 0.25) is 0 Å². The predicted molar refractivity (Wildman–Crippen MR) is 50.2 cm³/mol. The Balaban J connectivity index is 0. The van der Waals surface area contributed by atoms with Gasteiger partial charge >= 0.3 is 67.0 Å². The normalized spacial score (nSPS) is 15.1. The number of hydrogen-bond acceptors (Lipinski definition) is 0. The summed E-state index contributed by atoms with van der Waals surface area (Å²) in [7, 11) is 0. The quantitative estimate of drug-likeness (QED) is 0.507. The molecule has 0 aromatic rings. The number of hydrogen-bond donors (Lipinski definition) is 0. The molecule has 0 nitrogen and oxygen atoms in total. The van der Waals surface area contributed by atoms with Gasteiger partial charge in [-0.2, -0.15) is 0 Å². The van der Waals surface area contributed by atoms with Gasteiger partial charge in [0.1, 0.15) is 0 Å². The van der Waals surface area contributed by atoms with Crippen LogP contribution in [0, 0.1) is 0 Å². The third-order valence-electron chi connectivity index (χ3n) is 2.06. The first-order valence-corrected chi connectivity index (χ1v) is 8.01. The van der Waals surface area contributed by atoms with E-state index in [0.717, 1.165) is 18.5 Å². The molecular formula is C6H15Cl2HgP. The van der Waals surface area contributed by atoms with E-state index in [-0.39, 0.29) is 27.7 Å². The molecule has 0 unspecified atom stereocenters. The van der Waals surface area contributed by atoms with Crippen LogP contribution in [0.15, 0.2) is 0 Å². The van der Waals surface area contributed by atoms with Crippen molar-refractivity contribution in [3.8, 4) is 0 Å². The summed E-state index contributed by atoms with van der Waals surface area (Å²) in [6.45, 7) is 6.22. The van der Waals surface area contributed by atoms with Crippen LogP contribution >= 0.6 is 27.8 Å². The van der Waals surface area contributed by atoms with Crippen molar-refractivity contribution in [1.82, 2.24) is 0 Å². The minimum absolute atomic E-state index is 0. The summed E-state index contributed by atoms with van der Waals surface area (Å²) < 4.78 is 0. The molecular weight excluding hydrogens is 375 g/mol. The van der Waals surface area contributed by atoms with Gasteiger partial charge in [-0.05, 0) is 0 Å². The van der Waals surface area contributed by atoms with Gasteiger partial charge in [0.15, 0.2) is 0 Å². The van der Waals surface area contributed by atoms with Crippen molar-refractivity contribution in [3.63, 3.8) is 0 Å². The topological polar surface area (TPSA) is 0 Å². The summed E-state index contributed by atoms with van der Waals surface area (Å²) >= 11 is 12.5. The molecule has 0 N–H and O–H groups in total. The molecule has 0 aliphatic carbocycles. The molecule has 0 aliphatic rings. The molecule has 0 saturated heterocycles. The van der Waals surface area contributed by atoms with E-state index in [2.05, 4.69) is 20.8 Å². The molecule has 0 aromatic carbocycles. The Morgan fingerprint density at radius 3 is 1.10 bits per heavy atom. The predicted octanol–water partition coefficient (Wildman–Crippen LogP) is 3.90. The zero-order valence-corrected chi connectivity index (χ0v) is 14.9. The van der Waals surface area contributed by atoms with Gasteiger partial charge in [0.2, 0.25) is 0 Å². The fourth-order valence-corrected chi connectivity index (χ4v) is 2.01. The van der Waals surface area contributed by atoms with Crippen LogP contribution in [-0.2, 0) is 27.7 Å². The summed E-state index contributed by atoms with van der Waals surface area (Å²) in [5.74, 6) is 0. The molecule has 0 fully saturated rings. The third kappa shape index (κ3) is 4.09. The van der Waals surface area contributed by atoms with Crippen molar-refractivity contribution in [2.45, 2.75) is 20.8 Å². The number of halogens is 2. The van der Waals surface area contributed by atoms with Gasteiger partial charge < -0.3 is 0 Å². The Morgan fingerprint density at radius 1 is 0.900 bits per heavy atom. The first-order valence-electron chi connectivity index (χ1n) is 3.41. The maximum absolute atomic E-state index is 6.24. The molecule has 10 heavy (non-hydrogen) atoms. The Morgan fingerprint density at radius 2 is 1.10 bits per heavy atom. The van der Waals surface area contributed by atoms with Crippen molar-refractivity contribution in [2.24, 2.45) is 0 Å². The monoisotopic (exact) mass is 390 g/mol. The van der Waals surface area contributed by atoms with Crippen LogP contribution in [0.5, 0.6) is 0 Å². The summed E-state index contributed by atoms with van der Waals surface area (Å²) in [4.78, 5) is 0. The van der Waals surface area contributed by atoms with E-state index in [1.54, 1.807) is 0 Å². The molecule has 0 heterocycles. The second kappa shape index (κ2) is 4.85. The molecule has 4 heteroatoms. The van der Waals surface area contributed by atoms with Crippen LogP contribution in [0.4, 0.5) is 0 Å². The van der Waals surface area contributed by atoms with Gasteiger partial charge in [0.25, 0.3) is 0 Å². The van der Waals surface area contributed by atoms with Gasteiger partial charge in [-0.1, -0.05) is 0 Å². The summed E-state index contributed by atoms with van der Waals surface area (Å²) in [5, 5.41) is -2.18. The molecule has 0 bridgehead atoms. The van der Waals surface area contributed by atoms with Crippen LogP contribution in [0.3, 0.4) is 0 Å². The van der Waals surface area contributed by atoms with E-state index >= 15 is 0 Å². The maximum Gasteiger partial charge on any atom is 0 e. The molecule has 0 aromatic heterocycles. The second-order valence-corrected chi connectivity index (χ2v) is 13.0. The molecule has 0 saturated carbocycles. The van der Waals surface area contributed by atoms with Gasteiger partial charge in [-0.3, -0.25) is 0 Å². The van der Waals surface area contributed by atoms with Crippen molar-refractivity contribution >= 4 is 27.8 Å². The second-order valence-electron chi connectivity index (χ2n) is 2.40. The molecule has 0 radical (unpaired) electrons. The van der Waals surface area contributed by atoms with Gasteiger partial charge in [-0.15, -0.1) is 0 Å². The van der Waals surface area contributed by atoms with Crippen LogP contribution in [0.1, 0.15) is 20.8 Å². The molecule has 0 amide bonds. The van der Waals surface area contributed by atoms with E-state index in [1.165, 1.54) is 0 Å². The molecule has 60 valence electrons. The largest absolute Gasteiger partial charge is 0 e. The Labute approximate surface area is 94.1 Å². The van der Waals surface area contributed by atoms with Crippen LogP contribution in [0.25, 0.3) is 0 Å². The maximum atomic E-state index is 6.24. The fourth-order valence-electron chi connectivity index (χ4n) is 0.671.